The Morgan fingerprint density at radius 3 is 2.82 bits per heavy atom. The fourth-order valence-corrected chi connectivity index (χ4v) is 3.62. The van der Waals surface area contributed by atoms with E-state index in [9.17, 15) is 4.79 Å². The molecule has 0 atom stereocenters. The summed E-state index contributed by atoms with van der Waals surface area (Å²) in [5, 5.41) is 6.22. The number of nitrogens with one attached hydrogen (secondary N) is 1. The summed E-state index contributed by atoms with van der Waals surface area (Å²) in [7, 11) is 0. The molecule has 1 amide bonds. The van der Waals surface area contributed by atoms with Crippen LogP contribution in [0.1, 0.15) is 28.4 Å². The Bertz CT molecular complexity index is 1160. The first-order valence-electron chi connectivity index (χ1n) is 9.05. The SMILES string of the molecule is CCOc1cccc2cc(-c3csc(NC(=O)c4ccc(C)c(C)c4)n3)oc12. The number of ether oxygens (including phenoxy) is 1. The molecule has 0 aliphatic rings. The van der Waals surface area contributed by atoms with Crippen LogP contribution in [0.3, 0.4) is 0 Å². The molecule has 0 aliphatic carbocycles. The zero-order valence-corrected chi connectivity index (χ0v) is 16.7. The van der Waals surface area contributed by atoms with Crippen molar-refractivity contribution >= 4 is 33.3 Å². The number of benzene rings is 2. The number of furan rings is 1. The Morgan fingerprint density at radius 1 is 1.18 bits per heavy atom. The fraction of sp³-hybridized carbons (Fsp3) is 0.182. The molecule has 0 spiro atoms. The molecule has 6 heteroatoms. The molecule has 4 aromatic rings. The molecule has 5 nitrogen and oxygen atoms in total. The Labute approximate surface area is 167 Å². The number of anilines is 1. The van der Waals surface area contributed by atoms with Crippen molar-refractivity contribution in [1.29, 1.82) is 0 Å². The van der Waals surface area contributed by atoms with Crippen LogP contribution in [0.2, 0.25) is 0 Å². The summed E-state index contributed by atoms with van der Waals surface area (Å²) < 4.78 is 11.6. The van der Waals surface area contributed by atoms with Crippen molar-refractivity contribution in [2.45, 2.75) is 20.8 Å². The van der Waals surface area contributed by atoms with Gasteiger partial charge in [0.1, 0.15) is 5.69 Å². The van der Waals surface area contributed by atoms with Gasteiger partial charge in [-0.1, -0.05) is 18.2 Å². The monoisotopic (exact) mass is 392 g/mol. The number of aryl methyl sites for hydroxylation is 2. The topological polar surface area (TPSA) is 64.4 Å². The van der Waals surface area contributed by atoms with Gasteiger partial charge >= 0.3 is 0 Å². The largest absolute Gasteiger partial charge is 0.490 e. The second-order valence-electron chi connectivity index (χ2n) is 6.51. The van der Waals surface area contributed by atoms with Crippen molar-refractivity contribution in [2.75, 3.05) is 11.9 Å². The molecule has 0 radical (unpaired) electrons. The molecule has 2 aromatic carbocycles. The molecule has 0 saturated heterocycles. The summed E-state index contributed by atoms with van der Waals surface area (Å²) in [5.41, 5.74) is 4.24. The molecule has 0 unspecified atom stereocenters. The highest BCUT2D eigenvalue weighted by Gasteiger charge is 2.15. The predicted molar refractivity (Wildman–Crippen MR) is 112 cm³/mol. The summed E-state index contributed by atoms with van der Waals surface area (Å²) in [5.74, 6) is 1.18. The highest BCUT2D eigenvalue weighted by Crippen LogP contribution is 2.34. The Kier molecular flexibility index (Phi) is 4.88. The van der Waals surface area contributed by atoms with Gasteiger partial charge in [-0.2, -0.15) is 0 Å². The van der Waals surface area contributed by atoms with Gasteiger partial charge < -0.3 is 9.15 Å². The summed E-state index contributed by atoms with van der Waals surface area (Å²) in [6.07, 6.45) is 0. The standard InChI is InChI=1S/C22H20N2O3S/c1-4-26-18-7-5-6-15-11-19(27-20(15)18)17-12-28-22(23-17)24-21(25)16-9-8-13(2)14(3)10-16/h5-12H,4H2,1-3H3,(H,23,24,25). The maximum absolute atomic E-state index is 12.5. The van der Waals surface area contributed by atoms with Crippen LogP contribution >= 0.6 is 11.3 Å². The second kappa shape index (κ2) is 7.48. The lowest BCUT2D eigenvalue weighted by atomic mass is 10.1. The molecular weight excluding hydrogens is 372 g/mol. The molecule has 2 heterocycles. The number of carbonyl (C=O) groups is 1. The van der Waals surface area contributed by atoms with Crippen molar-refractivity contribution in [3.8, 4) is 17.2 Å². The molecule has 0 saturated carbocycles. The smallest absolute Gasteiger partial charge is 0.257 e. The second-order valence-corrected chi connectivity index (χ2v) is 7.37. The van der Waals surface area contributed by atoms with Gasteiger partial charge in [-0.25, -0.2) is 4.98 Å². The van der Waals surface area contributed by atoms with E-state index < -0.39 is 0 Å². The molecule has 1 N–H and O–H groups in total. The number of fused-ring (bicyclic) bond motifs is 1. The van der Waals surface area contributed by atoms with Gasteiger partial charge in [0.2, 0.25) is 0 Å². The Hall–Kier alpha value is -3.12. The third kappa shape index (κ3) is 3.51. The van der Waals surface area contributed by atoms with E-state index in [2.05, 4.69) is 10.3 Å². The minimum atomic E-state index is -0.174. The average Bonchev–Trinajstić information content (AvgIpc) is 3.31. The fourth-order valence-electron chi connectivity index (χ4n) is 2.93. The van der Waals surface area contributed by atoms with Gasteiger partial charge in [0.15, 0.2) is 22.2 Å². The predicted octanol–water partition coefficient (Wildman–Crippen LogP) is 5.82. The van der Waals surface area contributed by atoms with E-state index in [4.69, 9.17) is 9.15 Å². The van der Waals surface area contributed by atoms with Gasteiger partial charge in [-0.3, -0.25) is 10.1 Å². The van der Waals surface area contributed by atoms with Crippen molar-refractivity contribution in [3.05, 3.63) is 64.5 Å². The zero-order valence-electron chi connectivity index (χ0n) is 15.9. The third-order valence-electron chi connectivity index (χ3n) is 4.55. The number of nitrogens with zero attached hydrogens (tertiary/aromatic N) is 1. The van der Waals surface area contributed by atoms with Crippen LogP contribution in [0.25, 0.3) is 22.4 Å². The van der Waals surface area contributed by atoms with Crippen molar-refractivity contribution < 1.29 is 13.9 Å². The number of hydrogen-bond acceptors (Lipinski definition) is 5. The molecule has 28 heavy (non-hydrogen) atoms. The first-order valence-corrected chi connectivity index (χ1v) is 9.93. The number of thiazole rings is 1. The van der Waals surface area contributed by atoms with E-state index >= 15 is 0 Å². The van der Waals surface area contributed by atoms with E-state index in [1.54, 1.807) is 0 Å². The maximum atomic E-state index is 12.5. The van der Waals surface area contributed by atoms with Gasteiger partial charge in [0, 0.05) is 16.3 Å². The van der Waals surface area contributed by atoms with Crippen LogP contribution in [-0.2, 0) is 0 Å². The van der Waals surface area contributed by atoms with Gasteiger partial charge in [0.05, 0.1) is 6.61 Å². The molecule has 0 bridgehead atoms. The summed E-state index contributed by atoms with van der Waals surface area (Å²) in [6, 6.07) is 13.4. The van der Waals surface area contributed by atoms with E-state index in [1.807, 2.05) is 68.6 Å². The Balaban J connectivity index is 1.57. The summed E-state index contributed by atoms with van der Waals surface area (Å²) in [4.78, 5) is 17.0. The number of aromatic nitrogens is 1. The molecule has 0 fully saturated rings. The Morgan fingerprint density at radius 2 is 2.04 bits per heavy atom. The molecular formula is C22H20N2O3S. The normalized spacial score (nSPS) is 11.0. The van der Waals surface area contributed by atoms with Gasteiger partial charge in [0.25, 0.3) is 5.91 Å². The minimum absolute atomic E-state index is 0.174. The highest BCUT2D eigenvalue weighted by molar-refractivity contribution is 7.14. The van der Waals surface area contributed by atoms with Crippen LogP contribution < -0.4 is 10.1 Å². The lowest BCUT2D eigenvalue weighted by Crippen LogP contribution is -2.12. The molecule has 142 valence electrons. The van der Waals surface area contributed by atoms with E-state index in [-0.39, 0.29) is 5.91 Å². The zero-order chi connectivity index (χ0) is 19.7. The maximum Gasteiger partial charge on any atom is 0.257 e. The van der Waals surface area contributed by atoms with E-state index in [1.165, 1.54) is 11.3 Å². The van der Waals surface area contributed by atoms with Gasteiger partial charge in [-0.05, 0) is 56.2 Å². The highest BCUT2D eigenvalue weighted by atomic mass is 32.1. The van der Waals surface area contributed by atoms with E-state index in [0.29, 0.717) is 40.1 Å². The molecule has 2 aromatic heterocycles. The van der Waals surface area contributed by atoms with Crippen LogP contribution in [0.15, 0.2) is 52.3 Å². The third-order valence-corrected chi connectivity index (χ3v) is 5.31. The minimum Gasteiger partial charge on any atom is -0.490 e. The van der Waals surface area contributed by atoms with E-state index in [0.717, 1.165) is 16.5 Å². The van der Waals surface area contributed by atoms with Crippen LogP contribution in [0, 0.1) is 13.8 Å². The van der Waals surface area contributed by atoms with Gasteiger partial charge in [-0.15, -0.1) is 11.3 Å². The quantitative estimate of drug-likeness (QED) is 0.464. The van der Waals surface area contributed by atoms with Crippen molar-refractivity contribution in [1.82, 2.24) is 4.98 Å². The van der Waals surface area contributed by atoms with Crippen molar-refractivity contribution in [3.63, 3.8) is 0 Å². The number of rotatable bonds is 5. The number of carbonyl (C=O) groups excluding carboxylic acids is 1. The lowest BCUT2D eigenvalue weighted by molar-refractivity contribution is 0.102. The van der Waals surface area contributed by atoms with Crippen LogP contribution in [-0.4, -0.2) is 17.5 Å². The van der Waals surface area contributed by atoms with Crippen LogP contribution in [0.4, 0.5) is 5.13 Å². The average molecular weight is 392 g/mol. The summed E-state index contributed by atoms with van der Waals surface area (Å²) >= 11 is 1.36. The van der Waals surface area contributed by atoms with Crippen LogP contribution in [0.5, 0.6) is 5.75 Å². The molecule has 4 rings (SSSR count). The molecule has 0 aliphatic heterocycles. The number of hydrogen-bond donors (Lipinski definition) is 1. The number of para-hydroxylation sites is 1. The van der Waals surface area contributed by atoms with Crippen molar-refractivity contribution in [2.24, 2.45) is 0 Å². The first-order chi connectivity index (χ1) is 13.5. The number of amides is 1. The first kappa shape index (κ1) is 18.3. The lowest BCUT2D eigenvalue weighted by Gasteiger charge is -2.04. The summed E-state index contributed by atoms with van der Waals surface area (Å²) in [6.45, 7) is 6.52.